The Hall–Kier alpha value is -4.74. The van der Waals surface area contributed by atoms with Gasteiger partial charge in [0.25, 0.3) is 5.56 Å². The summed E-state index contributed by atoms with van der Waals surface area (Å²) in [6.45, 7) is 3.16. The molecule has 0 radical (unpaired) electrons. The summed E-state index contributed by atoms with van der Waals surface area (Å²) in [6, 6.07) is 6.61. The van der Waals surface area contributed by atoms with Gasteiger partial charge in [-0.3, -0.25) is 19.2 Å². The molecule has 232 valence electrons. The maximum atomic E-state index is 13.8. The van der Waals surface area contributed by atoms with E-state index in [9.17, 15) is 29.1 Å². The Bertz CT molecular complexity index is 1730. The lowest BCUT2D eigenvalue weighted by molar-refractivity contribution is -0.189. The van der Waals surface area contributed by atoms with Crippen LogP contribution in [0.2, 0.25) is 0 Å². The van der Waals surface area contributed by atoms with E-state index in [0.29, 0.717) is 49.0 Å². The number of benzene rings is 1. The van der Waals surface area contributed by atoms with Crippen molar-refractivity contribution in [3.05, 3.63) is 56.9 Å². The van der Waals surface area contributed by atoms with Crippen LogP contribution >= 0.6 is 0 Å². The number of carbonyl (C=O) groups is 4. The number of carboxylic acids is 1. The van der Waals surface area contributed by atoms with E-state index in [2.05, 4.69) is 5.32 Å². The van der Waals surface area contributed by atoms with Gasteiger partial charge < -0.3 is 29.6 Å². The third-order valence-electron chi connectivity index (χ3n) is 8.37. The normalized spacial score (nSPS) is 16.5. The van der Waals surface area contributed by atoms with Crippen LogP contribution in [0, 0.1) is 0 Å². The van der Waals surface area contributed by atoms with Crippen LogP contribution in [0.3, 0.4) is 0 Å². The van der Waals surface area contributed by atoms with Crippen LogP contribution in [-0.2, 0) is 53.8 Å². The number of esters is 2. The number of carbonyl (C=O) groups excluding carboxylic acids is 3. The fourth-order valence-electron chi connectivity index (χ4n) is 6.12. The molecule has 2 aliphatic rings. The van der Waals surface area contributed by atoms with E-state index in [0.717, 1.165) is 16.5 Å². The molecule has 0 fully saturated rings. The minimum Gasteiger partial charge on any atom is -0.508 e. The van der Waals surface area contributed by atoms with Gasteiger partial charge >= 0.3 is 17.9 Å². The average molecular weight is 606 g/mol. The number of carboxylic acid groups (broad SMARTS) is 1. The van der Waals surface area contributed by atoms with Crippen molar-refractivity contribution in [2.75, 3.05) is 6.54 Å². The van der Waals surface area contributed by atoms with E-state index in [-0.39, 0.29) is 60.8 Å². The number of nitrogens with one attached hydrogen (secondary N) is 1. The quantitative estimate of drug-likeness (QED) is 0.160. The van der Waals surface area contributed by atoms with Crippen molar-refractivity contribution in [1.82, 2.24) is 14.9 Å². The molecule has 0 bridgehead atoms. The van der Waals surface area contributed by atoms with Gasteiger partial charge in [-0.05, 0) is 55.5 Å². The molecule has 12 heteroatoms. The summed E-state index contributed by atoms with van der Waals surface area (Å²) in [5.41, 5.74) is 1.74. The van der Waals surface area contributed by atoms with Gasteiger partial charge in [-0.2, -0.15) is 0 Å². The van der Waals surface area contributed by atoms with Crippen LogP contribution in [0.4, 0.5) is 0 Å². The first kappa shape index (κ1) is 30.7. The Morgan fingerprint density at radius 2 is 1.82 bits per heavy atom. The molecule has 0 aliphatic carbocycles. The molecule has 0 saturated carbocycles. The van der Waals surface area contributed by atoms with E-state index in [1.165, 1.54) is 0 Å². The Morgan fingerprint density at radius 1 is 1.07 bits per heavy atom. The zero-order chi connectivity index (χ0) is 31.6. The zero-order valence-electron chi connectivity index (χ0n) is 24.7. The summed E-state index contributed by atoms with van der Waals surface area (Å²) in [5.74, 6) is -2.76. The minimum atomic E-state index is -1.88. The number of nitrogens with zero attached hydrogens (tertiary/aromatic N) is 2. The third-order valence-corrected chi connectivity index (χ3v) is 8.37. The average Bonchev–Trinajstić information content (AvgIpc) is 3.36. The van der Waals surface area contributed by atoms with Gasteiger partial charge in [-0.15, -0.1) is 0 Å². The van der Waals surface area contributed by atoms with Crippen molar-refractivity contribution >= 4 is 34.7 Å². The minimum absolute atomic E-state index is 0.00471. The highest BCUT2D eigenvalue weighted by molar-refractivity contribution is 5.91. The first-order chi connectivity index (χ1) is 21.1. The number of cyclic esters (lactones) is 1. The lowest BCUT2D eigenvalue weighted by Crippen LogP contribution is -2.48. The maximum absolute atomic E-state index is 13.8. The van der Waals surface area contributed by atoms with Crippen molar-refractivity contribution in [2.24, 2.45) is 0 Å². The number of fused-ring (bicyclic) bond motifs is 5. The van der Waals surface area contributed by atoms with Crippen molar-refractivity contribution in [2.45, 2.75) is 84.0 Å². The summed E-state index contributed by atoms with van der Waals surface area (Å²) in [5, 5.41) is 22.1. The number of aryl methyl sites for hydroxylation is 1. The highest BCUT2D eigenvalue weighted by atomic mass is 16.6. The summed E-state index contributed by atoms with van der Waals surface area (Å²) >= 11 is 0. The maximum Gasteiger partial charge on any atom is 0.355 e. The fraction of sp³-hybridized carbons (Fsp3) is 0.438. The SMILES string of the molecule is CCc1c2c(nc3ccc(O)cc13)-c1cc3c(c(=O)n1C2)COC(=O)[C@@]3(CC)OC(=O)CNC(=O)CCCCCCC(=O)O. The number of aliphatic carboxylic acids is 1. The number of aromatic hydroxyl groups is 1. The number of unbranched alkanes of at least 4 members (excludes halogenated alkanes) is 3. The molecule has 1 aromatic carbocycles. The summed E-state index contributed by atoms with van der Waals surface area (Å²) in [6.07, 6.45) is 3.33. The number of pyridine rings is 2. The molecule has 44 heavy (non-hydrogen) atoms. The smallest absolute Gasteiger partial charge is 0.355 e. The first-order valence-electron chi connectivity index (χ1n) is 14.9. The van der Waals surface area contributed by atoms with Crippen molar-refractivity contribution < 1.29 is 38.9 Å². The molecule has 2 aromatic heterocycles. The van der Waals surface area contributed by atoms with Gasteiger partial charge in [-0.1, -0.05) is 26.7 Å². The van der Waals surface area contributed by atoms with Crippen LogP contribution < -0.4 is 10.9 Å². The molecule has 2 aliphatic heterocycles. The van der Waals surface area contributed by atoms with Crippen molar-refractivity contribution in [3.63, 3.8) is 0 Å². The topological polar surface area (TPSA) is 174 Å². The number of amides is 1. The third kappa shape index (κ3) is 5.63. The predicted molar refractivity (Wildman–Crippen MR) is 158 cm³/mol. The van der Waals surface area contributed by atoms with E-state index < -0.39 is 30.1 Å². The summed E-state index contributed by atoms with van der Waals surface area (Å²) in [7, 11) is 0. The molecular weight excluding hydrogens is 570 g/mol. The molecule has 3 N–H and O–H groups in total. The van der Waals surface area contributed by atoms with Gasteiger partial charge in [0.1, 0.15) is 18.9 Å². The molecule has 0 saturated heterocycles. The molecule has 1 atom stereocenters. The number of hydrogen-bond donors (Lipinski definition) is 3. The molecular formula is C32H35N3O9. The van der Waals surface area contributed by atoms with E-state index >= 15 is 0 Å². The van der Waals surface area contributed by atoms with Crippen LogP contribution in [0.5, 0.6) is 5.75 Å². The van der Waals surface area contributed by atoms with Crippen molar-refractivity contribution in [3.8, 4) is 17.1 Å². The second-order valence-electron chi connectivity index (χ2n) is 11.1. The molecule has 3 aromatic rings. The Labute approximate surface area is 253 Å². The van der Waals surface area contributed by atoms with Gasteiger partial charge in [0.15, 0.2) is 0 Å². The highest BCUT2D eigenvalue weighted by Crippen LogP contribution is 2.42. The number of hydrogen-bond acceptors (Lipinski definition) is 9. The van der Waals surface area contributed by atoms with Crippen LogP contribution in [0.25, 0.3) is 22.3 Å². The number of aromatic nitrogens is 2. The van der Waals surface area contributed by atoms with E-state index in [4.69, 9.17) is 19.6 Å². The van der Waals surface area contributed by atoms with Crippen molar-refractivity contribution in [1.29, 1.82) is 0 Å². The monoisotopic (exact) mass is 605 g/mol. The predicted octanol–water partition coefficient (Wildman–Crippen LogP) is 3.44. The Balaban J connectivity index is 1.39. The Morgan fingerprint density at radius 3 is 2.52 bits per heavy atom. The summed E-state index contributed by atoms with van der Waals surface area (Å²) in [4.78, 5) is 67.7. The molecule has 1 amide bonds. The largest absolute Gasteiger partial charge is 0.508 e. The highest BCUT2D eigenvalue weighted by Gasteiger charge is 2.50. The molecule has 5 rings (SSSR count). The second-order valence-corrected chi connectivity index (χ2v) is 11.1. The number of rotatable bonds is 12. The van der Waals surface area contributed by atoms with Crippen LogP contribution in [0.15, 0.2) is 29.1 Å². The number of ether oxygens (including phenoxy) is 2. The van der Waals surface area contributed by atoms with Gasteiger partial charge in [-0.25, -0.2) is 9.78 Å². The van der Waals surface area contributed by atoms with E-state index in [1.807, 2.05) is 6.92 Å². The van der Waals surface area contributed by atoms with Gasteiger partial charge in [0.2, 0.25) is 11.5 Å². The van der Waals surface area contributed by atoms with Gasteiger partial charge in [0, 0.05) is 29.4 Å². The Kier molecular flexibility index (Phi) is 8.70. The van der Waals surface area contributed by atoms with Crippen LogP contribution in [0.1, 0.15) is 81.0 Å². The molecule has 0 spiro atoms. The fourth-order valence-corrected chi connectivity index (χ4v) is 6.12. The van der Waals surface area contributed by atoms with Gasteiger partial charge in [0.05, 0.1) is 29.0 Å². The molecule has 4 heterocycles. The number of phenolic OH excluding ortho intramolecular Hbond substituents is 1. The first-order valence-corrected chi connectivity index (χ1v) is 14.9. The lowest BCUT2D eigenvalue weighted by atomic mass is 9.85. The van der Waals surface area contributed by atoms with E-state index in [1.54, 1.807) is 35.8 Å². The molecule has 12 nitrogen and oxygen atoms in total. The number of phenols is 1. The standard InChI is InChI=1S/C32H35N3O9/c1-3-19-20-13-18(36)11-12-24(20)34-29-21(19)16-35-25(29)14-23-22(30(35)41)17-43-31(42)32(23,4-2)44-28(40)15-33-26(37)9-7-5-6-8-10-27(38)39/h11-14,36H,3-10,15-17H2,1-2H3,(H,33,37)(H,38,39)/t32-/m0/s1. The molecule has 0 unspecified atom stereocenters. The summed E-state index contributed by atoms with van der Waals surface area (Å²) < 4.78 is 12.7. The lowest BCUT2D eigenvalue weighted by Gasteiger charge is -2.35. The second kappa shape index (κ2) is 12.5. The zero-order valence-corrected chi connectivity index (χ0v) is 24.7. The van der Waals surface area contributed by atoms with Crippen LogP contribution in [-0.4, -0.2) is 50.1 Å².